The van der Waals surface area contributed by atoms with Crippen molar-refractivity contribution in [3.63, 3.8) is 0 Å². The summed E-state index contributed by atoms with van der Waals surface area (Å²) in [5.41, 5.74) is 7.93. The second-order valence-corrected chi connectivity index (χ2v) is 4.18. The van der Waals surface area contributed by atoms with Crippen LogP contribution in [-0.2, 0) is 4.79 Å². The van der Waals surface area contributed by atoms with Crippen LogP contribution in [0.5, 0.6) is 0 Å². The Labute approximate surface area is 115 Å². The maximum absolute atomic E-state index is 12.1. The van der Waals surface area contributed by atoms with Crippen LogP contribution >= 0.6 is 0 Å². The zero-order valence-corrected chi connectivity index (χ0v) is 10.7. The van der Waals surface area contributed by atoms with Crippen molar-refractivity contribution in [3.8, 4) is 0 Å². The molecule has 0 aliphatic heterocycles. The van der Waals surface area contributed by atoms with Gasteiger partial charge in [-0.15, -0.1) is 0 Å². The SMILES string of the molecule is NNc1ncc(C(=O)NCCC(N)=O)c2ccccc12. The molecule has 2 aromatic rings. The van der Waals surface area contributed by atoms with Crippen LogP contribution in [-0.4, -0.2) is 23.3 Å². The number of nitrogens with two attached hydrogens (primary N) is 2. The van der Waals surface area contributed by atoms with Crippen LogP contribution in [0.1, 0.15) is 16.8 Å². The molecule has 0 atom stereocenters. The lowest BCUT2D eigenvalue weighted by Crippen LogP contribution is -2.28. The van der Waals surface area contributed by atoms with Gasteiger partial charge in [-0.25, -0.2) is 10.8 Å². The van der Waals surface area contributed by atoms with E-state index in [9.17, 15) is 9.59 Å². The lowest BCUT2D eigenvalue weighted by molar-refractivity contribution is -0.117. The number of hydrogen-bond donors (Lipinski definition) is 4. The Morgan fingerprint density at radius 3 is 2.55 bits per heavy atom. The first-order chi connectivity index (χ1) is 9.63. The summed E-state index contributed by atoms with van der Waals surface area (Å²) in [6.07, 6.45) is 1.54. The number of rotatable bonds is 5. The number of anilines is 1. The third-order valence-electron chi connectivity index (χ3n) is 2.83. The van der Waals surface area contributed by atoms with Crippen LogP contribution in [0.25, 0.3) is 10.8 Å². The van der Waals surface area contributed by atoms with Crippen LogP contribution in [0.4, 0.5) is 5.82 Å². The van der Waals surface area contributed by atoms with E-state index < -0.39 is 5.91 Å². The molecule has 20 heavy (non-hydrogen) atoms. The first-order valence-corrected chi connectivity index (χ1v) is 6.04. The van der Waals surface area contributed by atoms with Gasteiger partial charge >= 0.3 is 0 Å². The van der Waals surface area contributed by atoms with Gasteiger partial charge in [0.2, 0.25) is 5.91 Å². The zero-order valence-electron chi connectivity index (χ0n) is 10.7. The highest BCUT2D eigenvalue weighted by Crippen LogP contribution is 2.23. The Balaban J connectivity index is 2.30. The van der Waals surface area contributed by atoms with E-state index in [4.69, 9.17) is 11.6 Å². The fraction of sp³-hybridized carbons (Fsp3) is 0.154. The Hall–Kier alpha value is -2.67. The van der Waals surface area contributed by atoms with Gasteiger partial charge in [0.15, 0.2) is 0 Å². The van der Waals surface area contributed by atoms with E-state index in [0.717, 1.165) is 10.8 Å². The number of pyridine rings is 1. The van der Waals surface area contributed by atoms with Crippen LogP contribution in [0.2, 0.25) is 0 Å². The molecule has 1 heterocycles. The number of carbonyl (C=O) groups is 2. The van der Waals surface area contributed by atoms with Gasteiger partial charge in [0.25, 0.3) is 5.91 Å². The van der Waals surface area contributed by atoms with Crippen molar-refractivity contribution < 1.29 is 9.59 Å². The second kappa shape index (κ2) is 5.98. The molecular weight excluding hydrogens is 258 g/mol. The molecule has 0 saturated carbocycles. The summed E-state index contributed by atoms with van der Waals surface area (Å²) < 4.78 is 0. The predicted molar refractivity (Wildman–Crippen MR) is 75.7 cm³/mol. The molecule has 0 spiro atoms. The van der Waals surface area contributed by atoms with Gasteiger partial charge in [0.1, 0.15) is 5.82 Å². The number of carbonyl (C=O) groups excluding carboxylic acids is 2. The first-order valence-electron chi connectivity index (χ1n) is 6.04. The number of amides is 2. The lowest BCUT2D eigenvalue weighted by atomic mass is 10.1. The molecule has 104 valence electrons. The molecule has 0 unspecified atom stereocenters. The molecule has 1 aromatic carbocycles. The lowest BCUT2D eigenvalue weighted by Gasteiger charge is -2.10. The number of nitrogens with zero attached hydrogens (tertiary/aromatic N) is 1. The normalized spacial score (nSPS) is 10.2. The quantitative estimate of drug-likeness (QED) is 0.455. The van der Waals surface area contributed by atoms with Crippen LogP contribution < -0.4 is 22.3 Å². The van der Waals surface area contributed by atoms with Crippen molar-refractivity contribution in [2.75, 3.05) is 12.0 Å². The molecular formula is C13H15N5O2. The number of nitrogens with one attached hydrogen (secondary N) is 2. The van der Waals surface area contributed by atoms with Crippen molar-refractivity contribution in [2.24, 2.45) is 11.6 Å². The molecule has 2 rings (SSSR count). The highest BCUT2D eigenvalue weighted by molar-refractivity contribution is 6.09. The number of primary amides is 1. The van der Waals surface area contributed by atoms with Crippen LogP contribution in [0.3, 0.4) is 0 Å². The van der Waals surface area contributed by atoms with Gasteiger partial charge in [0, 0.05) is 24.5 Å². The second-order valence-electron chi connectivity index (χ2n) is 4.18. The fourth-order valence-electron chi connectivity index (χ4n) is 1.88. The summed E-state index contributed by atoms with van der Waals surface area (Å²) in [6.45, 7) is 0.194. The van der Waals surface area contributed by atoms with E-state index in [1.807, 2.05) is 18.2 Å². The van der Waals surface area contributed by atoms with Crippen LogP contribution in [0.15, 0.2) is 30.5 Å². The van der Waals surface area contributed by atoms with Gasteiger partial charge in [-0.05, 0) is 5.39 Å². The van der Waals surface area contributed by atoms with E-state index in [2.05, 4.69) is 15.7 Å². The summed E-state index contributed by atoms with van der Waals surface area (Å²) in [5.74, 6) is 5.12. The standard InChI is InChI=1S/C13H15N5O2/c14-11(19)5-6-16-13(20)10-7-17-12(18-15)9-4-2-1-3-8(9)10/h1-4,7H,5-6,15H2,(H2,14,19)(H,16,20)(H,17,18). The molecule has 0 radical (unpaired) electrons. The van der Waals surface area contributed by atoms with Crippen molar-refractivity contribution in [3.05, 3.63) is 36.0 Å². The molecule has 0 aliphatic rings. The van der Waals surface area contributed by atoms with Gasteiger partial charge in [-0.1, -0.05) is 24.3 Å². The Bertz CT molecular complexity index is 656. The summed E-state index contributed by atoms with van der Waals surface area (Å²) in [7, 11) is 0. The molecule has 0 aliphatic carbocycles. The molecule has 1 aromatic heterocycles. The van der Waals surface area contributed by atoms with Gasteiger partial charge < -0.3 is 16.5 Å². The maximum atomic E-state index is 12.1. The fourth-order valence-corrected chi connectivity index (χ4v) is 1.88. The molecule has 7 nitrogen and oxygen atoms in total. The molecule has 7 heteroatoms. The summed E-state index contributed by atoms with van der Waals surface area (Å²) in [6, 6.07) is 7.28. The third kappa shape index (κ3) is 2.83. The number of nitrogen functional groups attached to an aromatic ring is 1. The van der Waals surface area contributed by atoms with Crippen molar-refractivity contribution >= 4 is 28.4 Å². The average molecular weight is 273 g/mol. The monoisotopic (exact) mass is 273 g/mol. The maximum Gasteiger partial charge on any atom is 0.253 e. The number of hydrogen-bond acceptors (Lipinski definition) is 5. The highest BCUT2D eigenvalue weighted by Gasteiger charge is 2.12. The summed E-state index contributed by atoms with van der Waals surface area (Å²) in [5, 5.41) is 4.10. The molecule has 2 amide bonds. The van der Waals surface area contributed by atoms with E-state index in [0.29, 0.717) is 11.4 Å². The molecule has 6 N–H and O–H groups in total. The van der Waals surface area contributed by atoms with Crippen molar-refractivity contribution in [1.29, 1.82) is 0 Å². The van der Waals surface area contributed by atoms with Gasteiger partial charge in [-0.3, -0.25) is 9.59 Å². The third-order valence-corrected chi connectivity index (χ3v) is 2.83. The Kier molecular flexibility index (Phi) is 4.11. The number of benzene rings is 1. The minimum atomic E-state index is -0.462. The van der Waals surface area contributed by atoms with E-state index >= 15 is 0 Å². The summed E-state index contributed by atoms with van der Waals surface area (Å²) >= 11 is 0. The zero-order chi connectivity index (χ0) is 14.5. The first kappa shape index (κ1) is 13.8. The highest BCUT2D eigenvalue weighted by atomic mass is 16.2. The van der Waals surface area contributed by atoms with Gasteiger partial charge in [0.05, 0.1) is 5.56 Å². The smallest absolute Gasteiger partial charge is 0.253 e. The Morgan fingerprint density at radius 2 is 1.90 bits per heavy atom. The minimum Gasteiger partial charge on any atom is -0.370 e. The minimum absolute atomic E-state index is 0.0968. The number of fused-ring (bicyclic) bond motifs is 1. The topological polar surface area (TPSA) is 123 Å². The van der Waals surface area contributed by atoms with E-state index in [1.54, 1.807) is 6.07 Å². The van der Waals surface area contributed by atoms with Crippen LogP contribution in [0, 0.1) is 0 Å². The van der Waals surface area contributed by atoms with E-state index in [-0.39, 0.29) is 18.9 Å². The molecule has 0 bridgehead atoms. The van der Waals surface area contributed by atoms with Crippen molar-refractivity contribution in [2.45, 2.75) is 6.42 Å². The number of aromatic nitrogens is 1. The van der Waals surface area contributed by atoms with Gasteiger partial charge in [-0.2, -0.15) is 0 Å². The average Bonchev–Trinajstić information content (AvgIpc) is 2.45. The summed E-state index contributed by atoms with van der Waals surface area (Å²) in [4.78, 5) is 26.8. The van der Waals surface area contributed by atoms with Crippen molar-refractivity contribution in [1.82, 2.24) is 10.3 Å². The molecule has 0 fully saturated rings. The Morgan fingerprint density at radius 1 is 1.20 bits per heavy atom. The largest absolute Gasteiger partial charge is 0.370 e. The number of hydrazine groups is 1. The van der Waals surface area contributed by atoms with E-state index in [1.165, 1.54) is 6.20 Å². The molecule has 0 saturated heterocycles. The predicted octanol–water partition coefficient (Wildman–Crippen LogP) is 0.126.